The number of hydrogen-bond acceptors (Lipinski definition) is 2. The Morgan fingerprint density at radius 1 is 1.00 bits per heavy atom. The maximum absolute atomic E-state index is 9.00. The number of nitrogens with one attached hydrogen (secondary N) is 1. The van der Waals surface area contributed by atoms with Gasteiger partial charge in [-0.1, -0.05) is 24.3 Å². The Kier molecular flexibility index (Phi) is 3.67. The van der Waals surface area contributed by atoms with E-state index >= 15 is 0 Å². The van der Waals surface area contributed by atoms with E-state index in [1.54, 1.807) is 0 Å². The van der Waals surface area contributed by atoms with E-state index in [1.807, 2.05) is 12.1 Å². The molecule has 1 aromatic carbocycles. The lowest BCUT2D eigenvalue weighted by Gasteiger charge is -2.16. The number of aliphatic hydroxyl groups is 1. The summed E-state index contributed by atoms with van der Waals surface area (Å²) >= 11 is 0. The Morgan fingerprint density at radius 3 is 2.06 bits per heavy atom. The molecule has 2 saturated carbocycles. The lowest BCUT2D eigenvalue weighted by molar-refractivity contribution is 0.282. The summed E-state index contributed by atoms with van der Waals surface area (Å²) < 4.78 is 0. The van der Waals surface area contributed by atoms with Gasteiger partial charge in [0.05, 0.1) is 6.61 Å². The molecule has 2 nitrogen and oxygen atoms in total. The maximum Gasteiger partial charge on any atom is 0.0681 e. The van der Waals surface area contributed by atoms with Gasteiger partial charge in [-0.25, -0.2) is 0 Å². The van der Waals surface area contributed by atoms with Gasteiger partial charge >= 0.3 is 0 Å². The van der Waals surface area contributed by atoms with E-state index in [9.17, 15) is 0 Å². The molecule has 0 heterocycles. The highest BCUT2D eigenvalue weighted by molar-refractivity contribution is 5.21. The molecule has 0 radical (unpaired) electrons. The molecule has 1 aromatic rings. The number of aliphatic hydroxyl groups excluding tert-OH is 1. The summed E-state index contributed by atoms with van der Waals surface area (Å²) in [7, 11) is 0. The largest absolute Gasteiger partial charge is 0.392 e. The van der Waals surface area contributed by atoms with E-state index < -0.39 is 0 Å². The van der Waals surface area contributed by atoms with Crippen LogP contribution in [0, 0.1) is 17.8 Å². The SMILES string of the molecule is OCc1ccc(CNCC(C2CC2)C2CC2)cc1. The first-order chi connectivity index (χ1) is 8.86. The molecule has 2 heteroatoms. The molecule has 0 bridgehead atoms. The lowest BCUT2D eigenvalue weighted by atomic mass is 9.98. The third-order valence-corrected chi connectivity index (χ3v) is 4.37. The van der Waals surface area contributed by atoms with Crippen LogP contribution in [0.2, 0.25) is 0 Å². The third-order valence-electron chi connectivity index (χ3n) is 4.37. The summed E-state index contributed by atoms with van der Waals surface area (Å²) in [5.74, 6) is 3.00. The van der Waals surface area contributed by atoms with Gasteiger partial charge in [0, 0.05) is 6.54 Å². The molecule has 0 saturated heterocycles. The normalized spacial score (nSPS) is 19.4. The molecule has 0 amide bonds. The molecular weight excluding hydrogens is 222 g/mol. The number of benzene rings is 1. The van der Waals surface area contributed by atoms with Gasteiger partial charge in [0.2, 0.25) is 0 Å². The first-order valence-corrected chi connectivity index (χ1v) is 7.26. The molecule has 98 valence electrons. The lowest BCUT2D eigenvalue weighted by Crippen LogP contribution is -2.25. The van der Waals surface area contributed by atoms with E-state index in [0.29, 0.717) is 0 Å². The average Bonchev–Trinajstić information content (AvgIpc) is 3.29. The second kappa shape index (κ2) is 5.41. The van der Waals surface area contributed by atoms with Crippen molar-refractivity contribution >= 4 is 0 Å². The van der Waals surface area contributed by atoms with Crippen LogP contribution >= 0.6 is 0 Å². The number of rotatable bonds is 7. The van der Waals surface area contributed by atoms with Gasteiger partial charge < -0.3 is 10.4 Å². The molecule has 2 aliphatic rings. The topological polar surface area (TPSA) is 32.3 Å². The van der Waals surface area contributed by atoms with Crippen molar-refractivity contribution in [1.82, 2.24) is 5.32 Å². The molecular formula is C16H23NO. The van der Waals surface area contributed by atoms with Crippen molar-refractivity contribution in [3.63, 3.8) is 0 Å². The minimum absolute atomic E-state index is 0.138. The molecule has 0 unspecified atom stereocenters. The fourth-order valence-electron chi connectivity index (χ4n) is 2.91. The predicted molar refractivity (Wildman–Crippen MR) is 73.0 cm³/mol. The minimum atomic E-state index is 0.138. The monoisotopic (exact) mass is 245 g/mol. The second-order valence-corrected chi connectivity index (χ2v) is 5.94. The molecule has 2 fully saturated rings. The summed E-state index contributed by atoms with van der Waals surface area (Å²) in [6.45, 7) is 2.29. The van der Waals surface area contributed by atoms with Gasteiger partial charge in [0.1, 0.15) is 0 Å². The van der Waals surface area contributed by atoms with E-state index in [2.05, 4.69) is 17.4 Å². The van der Waals surface area contributed by atoms with Gasteiger partial charge in [-0.2, -0.15) is 0 Å². The molecule has 0 aliphatic heterocycles. The van der Waals surface area contributed by atoms with Gasteiger partial charge in [-0.15, -0.1) is 0 Å². The minimum Gasteiger partial charge on any atom is -0.392 e. The third kappa shape index (κ3) is 3.12. The van der Waals surface area contributed by atoms with Gasteiger partial charge in [0.25, 0.3) is 0 Å². The van der Waals surface area contributed by atoms with E-state index in [-0.39, 0.29) is 6.61 Å². The summed E-state index contributed by atoms with van der Waals surface area (Å²) in [5, 5.41) is 12.6. The quantitative estimate of drug-likeness (QED) is 0.774. The fourth-order valence-corrected chi connectivity index (χ4v) is 2.91. The maximum atomic E-state index is 9.00. The van der Waals surface area contributed by atoms with Gasteiger partial charge in [-0.05, 0) is 61.1 Å². The average molecular weight is 245 g/mol. The number of hydrogen-bond donors (Lipinski definition) is 2. The molecule has 18 heavy (non-hydrogen) atoms. The van der Waals surface area contributed by atoms with Gasteiger partial charge in [-0.3, -0.25) is 0 Å². The fraction of sp³-hybridized carbons (Fsp3) is 0.625. The molecule has 3 rings (SSSR count). The molecule has 2 aliphatic carbocycles. The van der Waals surface area contributed by atoms with Crippen molar-refractivity contribution in [2.45, 2.75) is 38.8 Å². The van der Waals surface area contributed by atoms with Crippen molar-refractivity contribution in [1.29, 1.82) is 0 Å². The zero-order valence-electron chi connectivity index (χ0n) is 10.9. The predicted octanol–water partition coefficient (Wildman–Crippen LogP) is 2.70. The first kappa shape index (κ1) is 12.2. The van der Waals surface area contributed by atoms with Crippen LogP contribution in [0.25, 0.3) is 0 Å². The molecule has 0 atom stereocenters. The summed E-state index contributed by atoms with van der Waals surface area (Å²) in [4.78, 5) is 0. The Hall–Kier alpha value is -0.860. The smallest absolute Gasteiger partial charge is 0.0681 e. The Morgan fingerprint density at radius 2 is 1.56 bits per heavy atom. The van der Waals surface area contributed by atoms with Crippen molar-refractivity contribution in [2.24, 2.45) is 17.8 Å². The van der Waals surface area contributed by atoms with Crippen LogP contribution < -0.4 is 5.32 Å². The molecule has 2 N–H and O–H groups in total. The van der Waals surface area contributed by atoms with Crippen LogP contribution in [0.4, 0.5) is 0 Å². The van der Waals surface area contributed by atoms with Crippen LogP contribution in [0.1, 0.15) is 36.8 Å². The van der Waals surface area contributed by atoms with Crippen LogP contribution in [0.5, 0.6) is 0 Å². The van der Waals surface area contributed by atoms with Crippen LogP contribution in [0.15, 0.2) is 24.3 Å². The van der Waals surface area contributed by atoms with Crippen molar-refractivity contribution in [3.05, 3.63) is 35.4 Å². The van der Waals surface area contributed by atoms with E-state index in [0.717, 1.165) is 29.9 Å². The first-order valence-electron chi connectivity index (χ1n) is 7.26. The van der Waals surface area contributed by atoms with Crippen LogP contribution in [-0.4, -0.2) is 11.7 Å². The van der Waals surface area contributed by atoms with Crippen LogP contribution in [-0.2, 0) is 13.2 Å². The molecule has 0 spiro atoms. The van der Waals surface area contributed by atoms with E-state index in [1.165, 1.54) is 37.8 Å². The summed E-state index contributed by atoms with van der Waals surface area (Å²) in [6, 6.07) is 8.25. The van der Waals surface area contributed by atoms with Crippen molar-refractivity contribution < 1.29 is 5.11 Å². The standard InChI is InChI=1S/C16H23NO/c18-11-13-3-1-12(2-4-13)9-17-10-16(14-5-6-14)15-7-8-15/h1-4,14-18H,5-11H2. The second-order valence-electron chi connectivity index (χ2n) is 5.94. The summed E-state index contributed by atoms with van der Waals surface area (Å²) in [6.07, 6.45) is 5.87. The zero-order chi connectivity index (χ0) is 12.4. The Labute approximate surface area is 109 Å². The van der Waals surface area contributed by atoms with Crippen molar-refractivity contribution in [3.8, 4) is 0 Å². The highest BCUT2D eigenvalue weighted by Gasteiger charge is 2.40. The highest BCUT2D eigenvalue weighted by atomic mass is 16.3. The molecule has 0 aromatic heterocycles. The zero-order valence-corrected chi connectivity index (χ0v) is 10.9. The highest BCUT2D eigenvalue weighted by Crippen LogP contribution is 2.48. The van der Waals surface area contributed by atoms with E-state index in [4.69, 9.17) is 5.11 Å². The Balaban J connectivity index is 1.45. The van der Waals surface area contributed by atoms with Crippen molar-refractivity contribution in [2.75, 3.05) is 6.54 Å². The Bertz CT molecular complexity index is 367. The van der Waals surface area contributed by atoms with Gasteiger partial charge in [0.15, 0.2) is 0 Å². The summed E-state index contributed by atoms with van der Waals surface area (Å²) in [5.41, 5.74) is 2.31. The van der Waals surface area contributed by atoms with Crippen LogP contribution in [0.3, 0.4) is 0 Å².